The molecule has 124 valence electrons. The summed E-state index contributed by atoms with van der Waals surface area (Å²) in [6, 6.07) is -0.615. The molecule has 0 saturated carbocycles. The number of aliphatic hydroxyl groups excluding tert-OH is 1. The lowest BCUT2D eigenvalue weighted by Gasteiger charge is -2.27. The van der Waals surface area contributed by atoms with E-state index in [9.17, 15) is 9.90 Å². The highest BCUT2D eigenvalue weighted by Crippen LogP contribution is 2.23. The number of nitrogens with zero attached hydrogens (tertiary/aromatic N) is 3. The molecule has 2 N–H and O–H groups in total. The zero-order chi connectivity index (χ0) is 15.9. The number of hydrogen-bond donors (Lipinski definition) is 2. The second-order valence-electron chi connectivity index (χ2n) is 6.26. The Labute approximate surface area is 132 Å². The van der Waals surface area contributed by atoms with Gasteiger partial charge in [-0.2, -0.15) is 0 Å². The van der Waals surface area contributed by atoms with Gasteiger partial charge in [0.05, 0.1) is 11.8 Å². The SMILES string of the molecule is CCCCCc1cn([C@H](C(=O)C2CCNCC2)C(C)O)nn1. The molecule has 2 heterocycles. The Bertz CT molecular complexity index is 466. The van der Waals surface area contributed by atoms with Crippen LogP contribution in [0.1, 0.15) is 57.7 Å². The van der Waals surface area contributed by atoms with Crippen molar-refractivity contribution in [3.8, 4) is 0 Å². The maximum absolute atomic E-state index is 12.7. The summed E-state index contributed by atoms with van der Waals surface area (Å²) in [5.74, 6) is 0.0927. The monoisotopic (exact) mass is 308 g/mol. The van der Waals surface area contributed by atoms with E-state index in [1.54, 1.807) is 11.6 Å². The van der Waals surface area contributed by atoms with Crippen molar-refractivity contribution in [3.63, 3.8) is 0 Å². The quantitative estimate of drug-likeness (QED) is 0.711. The second kappa shape index (κ2) is 8.39. The van der Waals surface area contributed by atoms with Gasteiger partial charge in [-0.15, -0.1) is 5.10 Å². The molecule has 1 aliphatic rings. The molecule has 2 atom stereocenters. The third-order valence-electron chi connectivity index (χ3n) is 4.37. The predicted octanol–water partition coefficient (Wildman–Crippen LogP) is 1.50. The summed E-state index contributed by atoms with van der Waals surface area (Å²) in [7, 11) is 0. The topological polar surface area (TPSA) is 80.0 Å². The van der Waals surface area contributed by atoms with Crippen LogP contribution in [0.25, 0.3) is 0 Å². The molecular weight excluding hydrogens is 280 g/mol. The van der Waals surface area contributed by atoms with Crippen molar-refractivity contribution >= 4 is 5.78 Å². The number of Topliss-reactive ketones (excluding diaryl/α,β-unsaturated/α-hetero) is 1. The first-order chi connectivity index (χ1) is 10.6. The Hall–Kier alpha value is -1.27. The first-order valence-electron chi connectivity index (χ1n) is 8.46. The van der Waals surface area contributed by atoms with Crippen LogP contribution in [0.3, 0.4) is 0 Å². The standard InChI is InChI=1S/C16H28N4O2/c1-3-4-5-6-14-11-20(19-18-14)15(12(2)21)16(22)13-7-9-17-10-8-13/h11-13,15,17,21H,3-10H2,1-2H3/t12?,15-/m0/s1. The van der Waals surface area contributed by atoms with Gasteiger partial charge in [-0.1, -0.05) is 25.0 Å². The number of unbranched alkanes of at least 4 members (excludes halogenated alkanes) is 2. The largest absolute Gasteiger partial charge is 0.391 e. The third kappa shape index (κ3) is 4.36. The molecule has 0 aromatic carbocycles. The molecule has 0 spiro atoms. The second-order valence-corrected chi connectivity index (χ2v) is 6.26. The number of hydrogen-bond acceptors (Lipinski definition) is 5. The highest BCUT2D eigenvalue weighted by atomic mass is 16.3. The molecule has 1 fully saturated rings. The number of rotatable bonds is 8. The van der Waals surface area contributed by atoms with Crippen molar-refractivity contribution in [2.24, 2.45) is 5.92 Å². The third-order valence-corrected chi connectivity index (χ3v) is 4.37. The number of piperidine rings is 1. The fourth-order valence-corrected chi connectivity index (χ4v) is 3.06. The highest BCUT2D eigenvalue weighted by Gasteiger charge is 2.33. The molecule has 1 aromatic rings. The molecule has 0 bridgehead atoms. The zero-order valence-corrected chi connectivity index (χ0v) is 13.7. The summed E-state index contributed by atoms with van der Waals surface area (Å²) in [5.41, 5.74) is 0.900. The van der Waals surface area contributed by atoms with Crippen molar-refractivity contribution < 1.29 is 9.90 Å². The summed E-state index contributed by atoms with van der Waals surface area (Å²) in [6.07, 6.45) is 7.03. The van der Waals surface area contributed by atoms with Crippen molar-refractivity contribution in [2.75, 3.05) is 13.1 Å². The van der Waals surface area contributed by atoms with E-state index in [4.69, 9.17) is 0 Å². The number of aryl methyl sites for hydroxylation is 1. The molecule has 1 aromatic heterocycles. The average Bonchev–Trinajstić information content (AvgIpc) is 2.96. The maximum atomic E-state index is 12.7. The summed E-state index contributed by atoms with van der Waals surface area (Å²) in [5, 5.41) is 21.6. The smallest absolute Gasteiger partial charge is 0.163 e. The molecule has 0 amide bonds. The van der Waals surface area contributed by atoms with E-state index in [1.807, 2.05) is 6.20 Å². The van der Waals surface area contributed by atoms with Crippen molar-refractivity contribution in [3.05, 3.63) is 11.9 Å². The number of aromatic nitrogens is 3. The lowest BCUT2D eigenvalue weighted by Crippen LogP contribution is -2.39. The van der Waals surface area contributed by atoms with Gasteiger partial charge in [0, 0.05) is 12.1 Å². The maximum Gasteiger partial charge on any atom is 0.163 e. The van der Waals surface area contributed by atoms with Gasteiger partial charge in [0.1, 0.15) is 6.04 Å². The predicted molar refractivity (Wildman–Crippen MR) is 84.6 cm³/mol. The molecule has 2 rings (SSSR count). The fourth-order valence-electron chi connectivity index (χ4n) is 3.06. The summed E-state index contributed by atoms with van der Waals surface area (Å²) >= 11 is 0. The molecule has 0 radical (unpaired) electrons. The molecule has 1 unspecified atom stereocenters. The van der Waals surface area contributed by atoms with E-state index in [-0.39, 0.29) is 11.7 Å². The van der Waals surface area contributed by atoms with Crippen molar-refractivity contribution in [1.29, 1.82) is 0 Å². The first kappa shape index (κ1) is 17.1. The van der Waals surface area contributed by atoms with Gasteiger partial charge in [0.2, 0.25) is 0 Å². The molecule has 6 nitrogen and oxygen atoms in total. The normalized spacial score (nSPS) is 19.0. The Balaban J connectivity index is 2.05. The number of carbonyl (C=O) groups is 1. The van der Waals surface area contributed by atoms with Gasteiger partial charge in [0.25, 0.3) is 0 Å². The van der Waals surface area contributed by atoms with E-state index in [0.29, 0.717) is 0 Å². The number of aliphatic hydroxyl groups is 1. The summed E-state index contributed by atoms with van der Waals surface area (Å²) in [4.78, 5) is 12.7. The van der Waals surface area contributed by atoms with Crippen LogP contribution in [-0.2, 0) is 11.2 Å². The van der Waals surface area contributed by atoms with Crippen LogP contribution in [0, 0.1) is 5.92 Å². The number of nitrogens with one attached hydrogen (secondary N) is 1. The van der Waals surface area contributed by atoms with E-state index < -0.39 is 12.1 Å². The first-order valence-corrected chi connectivity index (χ1v) is 8.46. The Morgan fingerprint density at radius 1 is 1.45 bits per heavy atom. The minimum Gasteiger partial charge on any atom is -0.391 e. The van der Waals surface area contributed by atoms with Crippen molar-refractivity contribution in [1.82, 2.24) is 20.3 Å². The fraction of sp³-hybridized carbons (Fsp3) is 0.812. The Morgan fingerprint density at radius 3 is 2.82 bits per heavy atom. The van der Waals surface area contributed by atoms with Crippen molar-refractivity contribution in [2.45, 2.75) is 64.5 Å². The molecule has 1 saturated heterocycles. The van der Waals surface area contributed by atoms with E-state index in [2.05, 4.69) is 22.6 Å². The van der Waals surface area contributed by atoms with Gasteiger partial charge < -0.3 is 10.4 Å². The van der Waals surface area contributed by atoms with Crippen LogP contribution in [0.4, 0.5) is 0 Å². The van der Waals surface area contributed by atoms with E-state index >= 15 is 0 Å². The van der Waals surface area contributed by atoms with Gasteiger partial charge in [0.15, 0.2) is 5.78 Å². The molecule has 22 heavy (non-hydrogen) atoms. The number of ketones is 1. The lowest BCUT2D eigenvalue weighted by molar-refractivity contribution is -0.130. The average molecular weight is 308 g/mol. The highest BCUT2D eigenvalue weighted by molar-refractivity contribution is 5.85. The Morgan fingerprint density at radius 2 is 2.18 bits per heavy atom. The Kier molecular flexibility index (Phi) is 6.51. The number of carbonyl (C=O) groups excluding carboxylic acids is 1. The van der Waals surface area contributed by atoms with Crippen LogP contribution in [0.2, 0.25) is 0 Å². The lowest BCUT2D eigenvalue weighted by atomic mass is 9.88. The molecule has 6 heteroatoms. The minimum absolute atomic E-state index is 0.00795. The van der Waals surface area contributed by atoms with Gasteiger partial charge in [-0.05, 0) is 45.7 Å². The van der Waals surface area contributed by atoms with Gasteiger partial charge in [-0.25, -0.2) is 4.68 Å². The van der Waals surface area contributed by atoms with E-state index in [0.717, 1.165) is 44.5 Å². The minimum atomic E-state index is -0.757. The van der Waals surface area contributed by atoms with Gasteiger partial charge >= 0.3 is 0 Å². The molecule has 0 aliphatic carbocycles. The van der Waals surface area contributed by atoms with Crippen LogP contribution in [0.15, 0.2) is 6.20 Å². The van der Waals surface area contributed by atoms with Crippen LogP contribution < -0.4 is 5.32 Å². The summed E-state index contributed by atoms with van der Waals surface area (Å²) in [6.45, 7) is 5.55. The zero-order valence-electron chi connectivity index (χ0n) is 13.7. The van der Waals surface area contributed by atoms with E-state index in [1.165, 1.54) is 12.8 Å². The van der Waals surface area contributed by atoms with Crippen LogP contribution in [0.5, 0.6) is 0 Å². The van der Waals surface area contributed by atoms with Gasteiger partial charge in [-0.3, -0.25) is 4.79 Å². The van der Waals surface area contributed by atoms with Crippen LogP contribution >= 0.6 is 0 Å². The summed E-state index contributed by atoms with van der Waals surface area (Å²) < 4.78 is 1.57. The molecule has 1 aliphatic heterocycles. The molecular formula is C16H28N4O2. The van der Waals surface area contributed by atoms with Crippen LogP contribution in [-0.4, -0.2) is 45.1 Å².